The lowest BCUT2D eigenvalue weighted by Crippen LogP contribution is -2.32. The van der Waals surface area contributed by atoms with Crippen LogP contribution in [0.2, 0.25) is 0 Å². The Bertz CT molecular complexity index is 849. The van der Waals surface area contributed by atoms with Gasteiger partial charge < -0.3 is 10.5 Å². The van der Waals surface area contributed by atoms with Gasteiger partial charge >= 0.3 is 0 Å². The summed E-state index contributed by atoms with van der Waals surface area (Å²) >= 11 is 0. The number of aromatic nitrogens is 1. The Morgan fingerprint density at radius 1 is 0.774 bits per heavy atom. The molecule has 0 spiro atoms. The van der Waals surface area contributed by atoms with E-state index in [1.165, 1.54) is 36.8 Å². The Morgan fingerprint density at radius 3 is 1.90 bits per heavy atom. The summed E-state index contributed by atoms with van der Waals surface area (Å²) < 4.78 is 5.90. The van der Waals surface area contributed by atoms with E-state index in [1.54, 1.807) is 6.20 Å². The van der Waals surface area contributed by atoms with Gasteiger partial charge in [-0.3, -0.25) is 4.90 Å². The standard InChI is InChI=1S/C27H33N3O/c28-26-15-16-27(29-17-26)31-21-25-13-11-24(12-14-25)20-30(18-22-7-3-1-4-8-22)19-23-9-5-2-6-10-23/h1-10,15-17,24-25H,11-14,18-21,28H2. The van der Waals surface area contributed by atoms with Crippen molar-refractivity contribution in [2.24, 2.45) is 11.8 Å². The number of benzene rings is 2. The topological polar surface area (TPSA) is 51.4 Å². The highest BCUT2D eigenvalue weighted by molar-refractivity contribution is 5.35. The molecule has 0 saturated heterocycles. The van der Waals surface area contributed by atoms with E-state index in [1.807, 2.05) is 12.1 Å². The van der Waals surface area contributed by atoms with Crippen molar-refractivity contribution in [2.75, 3.05) is 18.9 Å². The van der Waals surface area contributed by atoms with Gasteiger partial charge in [0.25, 0.3) is 0 Å². The summed E-state index contributed by atoms with van der Waals surface area (Å²) in [5, 5.41) is 0. The van der Waals surface area contributed by atoms with Gasteiger partial charge in [0.2, 0.25) is 5.88 Å². The van der Waals surface area contributed by atoms with Gasteiger partial charge in [-0.25, -0.2) is 4.98 Å². The first kappa shape index (κ1) is 21.4. The van der Waals surface area contributed by atoms with Crippen LogP contribution in [0.3, 0.4) is 0 Å². The summed E-state index contributed by atoms with van der Waals surface area (Å²) in [6.07, 6.45) is 6.64. The molecule has 4 nitrogen and oxygen atoms in total. The Kier molecular flexibility index (Phi) is 7.56. The second kappa shape index (κ2) is 11.0. The lowest BCUT2D eigenvalue weighted by molar-refractivity contribution is 0.141. The number of pyridine rings is 1. The molecule has 4 heteroatoms. The van der Waals surface area contributed by atoms with Crippen molar-refractivity contribution < 1.29 is 4.74 Å². The van der Waals surface area contributed by atoms with E-state index < -0.39 is 0 Å². The van der Waals surface area contributed by atoms with Crippen molar-refractivity contribution in [2.45, 2.75) is 38.8 Å². The maximum atomic E-state index is 5.90. The van der Waals surface area contributed by atoms with Crippen LogP contribution in [0.5, 0.6) is 5.88 Å². The highest BCUT2D eigenvalue weighted by atomic mass is 16.5. The first-order chi connectivity index (χ1) is 15.2. The third-order valence-electron chi connectivity index (χ3n) is 6.21. The normalized spacial score (nSPS) is 18.7. The van der Waals surface area contributed by atoms with E-state index in [9.17, 15) is 0 Å². The van der Waals surface area contributed by atoms with Crippen molar-refractivity contribution in [3.8, 4) is 5.88 Å². The summed E-state index contributed by atoms with van der Waals surface area (Å²) in [6.45, 7) is 3.90. The average molecular weight is 416 g/mol. The smallest absolute Gasteiger partial charge is 0.213 e. The van der Waals surface area contributed by atoms with Crippen LogP contribution >= 0.6 is 0 Å². The number of hydrogen-bond donors (Lipinski definition) is 1. The SMILES string of the molecule is Nc1ccc(OCC2CCC(CN(Cc3ccccc3)Cc3ccccc3)CC2)nc1. The molecule has 0 amide bonds. The van der Waals surface area contributed by atoms with Crippen LogP contribution in [0.15, 0.2) is 79.0 Å². The Labute approximate surface area is 186 Å². The molecule has 1 saturated carbocycles. The summed E-state index contributed by atoms with van der Waals surface area (Å²) in [6, 6.07) is 25.4. The van der Waals surface area contributed by atoms with Gasteiger partial charge in [0.1, 0.15) is 0 Å². The molecular weight excluding hydrogens is 382 g/mol. The zero-order valence-electron chi connectivity index (χ0n) is 18.2. The Balaban J connectivity index is 1.28. The molecule has 0 atom stereocenters. The van der Waals surface area contributed by atoms with Gasteiger partial charge in [0.15, 0.2) is 0 Å². The van der Waals surface area contributed by atoms with Crippen molar-refractivity contribution in [1.82, 2.24) is 9.88 Å². The third-order valence-corrected chi connectivity index (χ3v) is 6.21. The predicted molar refractivity (Wildman–Crippen MR) is 127 cm³/mol. The van der Waals surface area contributed by atoms with Crippen LogP contribution < -0.4 is 10.5 Å². The van der Waals surface area contributed by atoms with E-state index in [4.69, 9.17) is 10.5 Å². The molecule has 4 rings (SSSR count). The van der Waals surface area contributed by atoms with Crippen LogP contribution in [0.4, 0.5) is 5.69 Å². The first-order valence-electron chi connectivity index (χ1n) is 11.4. The lowest BCUT2D eigenvalue weighted by atomic mass is 9.82. The number of nitrogens with zero attached hydrogens (tertiary/aromatic N) is 2. The molecule has 2 N–H and O–H groups in total. The van der Waals surface area contributed by atoms with E-state index in [0.717, 1.165) is 32.2 Å². The van der Waals surface area contributed by atoms with Crippen LogP contribution in [-0.4, -0.2) is 23.0 Å². The van der Waals surface area contributed by atoms with Crippen molar-refractivity contribution >= 4 is 5.69 Å². The zero-order chi connectivity index (χ0) is 21.3. The van der Waals surface area contributed by atoms with Crippen LogP contribution in [-0.2, 0) is 13.1 Å². The molecule has 0 aliphatic heterocycles. The van der Waals surface area contributed by atoms with Gasteiger partial charge in [-0.15, -0.1) is 0 Å². The number of hydrogen-bond acceptors (Lipinski definition) is 4. The molecule has 1 aromatic heterocycles. The quantitative estimate of drug-likeness (QED) is 0.498. The monoisotopic (exact) mass is 415 g/mol. The lowest BCUT2D eigenvalue weighted by Gasteiger charge is -2.33. The minimum atomic E-state index is 0.618. The summed E-state index contributed by atoms with van der Waals surface area (Å²) in [7, 11) is 0. The fourth-order valence-corrected chi connectivity index (χ4v) is 4.49. The third kappa shape index (κ3) is 6.83. The highest BCUT2D eigenvalue weighted by Gasteiger charge is 2.24. The number of anilines is 1. The minimum absolute atomic E-state index is 0.618. The molecule has 162 valence electrons. The maximum Gasteiger partial charge on any atom is 0.213 e. The highest BCUT2D eigenvalue weighted by Crippen LogP contribution is 2.30. The fraction of sp³-hybridized carbons (Fsp3) is 0.370. The molecule has 31 heavy (non-hydrogen) atoms. The number of rotatable bonds is 9. The van der Waals surface area contributed by atoms with E-state index in [-0.39, 0.29) is 0 Å². The molecule has 1 fully saturated rings. The molecule has 0 bridgehead atoms. The predicted octanol–water partition coefficient (Wildman–Crippen LogP) is 5.55. The van der Waals surface area contributed by atoms with Gasteiger partial charge in [-0.1, -0.05) is 60.7 Å². The van der Waals surface area contributed by atoms with Crippen molar-refractivity contribution in [3.63, 3.8) is 0 Å². The van der Waals surface area contributed by atoms with E-state index in [0.29, 0.717) is 17.5 Å². The van der Waals surface area contributed by atoms with Crippen LogP contribution in [0, 0.1) is 11.8 Å². The maximum absolute atomic E-state index is 5.90. The van der Waals surface area contributed by atoms with Crippen LogP contribution in [0.1, 0.15) is 36.8 Å². The molecule has 0 radical (unpaired) electrons. The van der Waals surface area contributed by atoms with E-state index in [2.05, 4.69) is 70.5 Å². The molecule has 1 aliphatic rings. The number of nitrogens with two attached hydrogens (primary N) is 1. The number of nitrogen functional groups attached to an aromatic ring is 1. The summed E-state index contributed by atoms with van der Waals surface area (Å²) in [4.78, 5) is 6.86. The van der Waals surface area contributed by atoms with E-state index >= 15 is 0 Å². The second-order valence-corrected chi connectivity index (χ2v) is 8.77. The molecular formula is C27H33N3O. The molecule has 1 heterocycles. The molecule has 0 unspecified atom stereocenters. The Hall–Kier alpha value is -2.85. The average Bonchev–Trinajstić information content (AvgIpc) is 2.81. The number of ether oxygens (including phenoxy) is 1. The van der Waals surface area contributed by atoms with Gasteiger partial charge in [-0.2, -0.15) is 0 Å². The van der Waals surface area contributed by atoms with Gasteiger partial charge in [0.05, 0.1) is 18.5 Å². The first-order valence-corrected chi connectivity index (χ1v) is 11.4. The molecule has 3 aromatic rings. The molecule has 1 aliphatic carbocycles. The minimum Gasteiger partial charge on any atom is -0.477 e. The zero-order valence-corrected chi connectivity index (χ0v) is 18.2. The summed E-state index contributed by atoms with van der Waals surface area (Å²) in [5.41, 5.74) is 9.14. The largest absolute Gasteiger partial charge is 0.477 e. The van der Waals surface area contributed by atoms with Crippen molar-refractivity contribution in [3.05, 3.63) is 90.1 Å². The molecule has 2 aromatic carbocycles. The van der Waals surface area contributed by atoms with Gasteiger partial charge in [0, 0.05) is 25.7 Å². The second-order valence-electron chi connectivity index (χ2n) is 8.77. The van der Waals surface area contributed by atoms with Crippen molar-refractivity contribution in [1.29, 1.82) is 0 Å². The summed E-state index contributed by atoms with van der Waals surface area (Å²) in [5.74, 6) is 2.04. The Morgan fingerprint density at radius 2 is 1.35 bits per heavy atom. The van der Waals surface area contributed by atoms with Gasteiger partial charge in [-0.05, 0) is 54.7 Å². The fourth-order valence-electron chi connectivity index (χ4n) is 4.49. The van der Waals surface area contributed by atoms with Crippen LogP contribution in [0.25, 0.3) is 0 Å².